The van der Waals surface area contributed by atoms with Gasteiger partial charge in [0.2, 0.25) is 11.5 Å². The van der Waals surface area contributed by atoms with Crippen LogP contribution in [0.1, 0.15) is 41.5 Å². The van der Waals surface area contributed by atoms with Gasteiger partial charge >= 0.3 is 0 Å². The molecule has 2 aliphatic rings. The molecule has 0 aromatic rings. The standard InChI is InChI=1S/C13H24FIN4O/c1-7(2)18-10(15)8(3)19-9(4)17-12(6,16)13(19,20)11(18,5)14/h7-8,10,20H,16H2,1-6H3. The number of aliphatic imine (C=N–C) groups is 1. The molecule has 0 spiro atoms. The Hall–Kier alpha value is 0.01000. The van der Waals surface area contributed by atoms with Gasteiger partial charge in [-0.25, -0.2) is 9.38 Å². The van der Waals surface area contributed by atoms with Gasteiger partial charge in [0.05, 0.1) is 10.1 Å². The highest BCUT2D eigenvalue weighted by atomic mass is 127. The molecule has 0 bridgehead atoms. The van der Waals surface area contributed by atoms with Crippen molar-refractivity contribution in [1.29, 1.82) is 0 Å². The zero-order valence-electron chi connectivity index (χ0n) is 12.9. The summed E-state index contributed by atoms with van der Waals surface area (Å²) in [7, 11) is 0. The third kappa shape index (κ3) is 1.72. The van der Waals surface area contributed by atoms with Gasteiger partial charge in [-0.15, -0.1) is 0 Å². The van der Waals surface area contributed by atoms with Crippen LogP contribution in [0.3, 0.4) is 0 Å². The van der Waals surface area contributed by atoms with Gasteiger partial charge in [-0.3, -0.25) is 4.90 Å². The lowest BCUT2D eigenvalue weighted by molar-refractivity contribution is -0.294. The molecule has 1 saturated heterocycles. The maximum atomic E-state index is 15.7. The van der Waals surface area contributed by atoms with Crippen molar-refractivity contribution in [2.75, 3.05) is 0 Å². The molecule has 0 aliphatic carbocycles. The van der Waals surface area contributed by atoms with E-state index in [1.54, 1.807) is 23.6 Å². The smallest absolute Gasteiger partial charge is 0.227 e. The lowest BCUT2D eigenvalue weighted by Crippen LogP contribution is -2.83. The molecule has 2 aliphatic heterocycles. The van der Waals surface area contributed by atoms with Gasteiger partial charge in [-0.1, -0.05) is 22.6 Å². The second kappa shape index (κ2) is 4.50. The Morgan fingerprint density at radius 3 is 2.40 bits per heavy atom. The van der Waals surface area contributed by atoms with Crippen molar-refractivity contribution in [3.05, 3.63) is 0 Å². The van der Waals surface area contributed by atoms with Crippen LogP contribution in [0.5, 0.6) is 0 Å². The maximum absolute atomic E-state index is 15.7. The molecule has 0 amide bonds. The first-order valence-electron chi connectivity index (χ1n) is 6.88. The number of nitrogens with two attached hydrogens (primary N) is 1. The van der Waals surface area contributed by atoms with Crippen LogP contribution >= 0.6 is 22.6 Å². The monoisotopic (exact) mass is 398 g/mol. The average Bonchev–Trinajstić information content (AvgIpc) is 2.43. The number of halogens is 2. The van der Waals surface area contributed by atoms with Crippen molar-refractivity contribution in [2.24, 2.45) is 10.7 Å². The molecule has 2 rings (SSSR count). The zero-order valence-corrected chi connectivity index (χ0v) is 15.0. The molecular weight excluding hydrogens is 374 g/mol. The number of hydrogen-bond acceptors (Lipinski definition) is 5. The zero-order chi connectivity index (χ0) is 15.7. The first kappa shape index (κ1) is 16.4. The summed E-state index contributed by atoms with van der Waals surface area (Å²) in [5.74, 6) is -1.43. The Labute approximate surface area is 133 Å². The van der Waals surface area contributed by atoms with Gasteiger partial charge in [0.25, 0.3) is 0 Å². The van der Waals surface area contributed by atoms with Crippen LogP contribution in [0, 0.1) is 0 Å². The second-order valence-corrected chi connectivity index (χ2v) is 7.69. The minimum absolute atomic E-state index is 0.0581. The van der Waals surface area contributed by atoms with E-state index in [1.807, 2.05) is 20.8 Å². The Kier molecular flexibility index (Phi) is 3.69. The summed E-state index contributed by atoms with van der Waals surface area (Å²) in [6.07, 6.45) is 0. The molecule has 0 aromatic heterocycles. The van der Waals surface area contributed by atoms with Crippen LogP contribution in [0.2, 0.25) is 0 Å². The molecule has 2 heterocycles. The van der Waals surface area contributed by atoms with Gasteiger partial charge in [-0.05, 0) is 41.5 Å². The Morgan fingerprint density at radius 2 is 1.95 bits per heavy atom. The summed E-state index contributed by atoms with van der Waals surface area (Å²) >= 11 is 2.23. The number of aliphatic hydroxyl groups is 1. The minimum atomic E-state index is -2.01. The predicted molar refractivity (Wildman–Crippen MR) is 86.2 cm³/mol. The predicted octanol–water partition coefficient (Wildman–Crippen LogP) is 1.64. The van der Waals surface area contributed by atoms with Crippen molar-refractivity contribution in [3.63, 3.8) is 0 Å². The van der Waals surface area contributed by atoms with Crippen LogP contribution in [0.25, 0.3) is 0 Å². The van der Waals surface area contributed by atoms with Gasteiger partial charge < -0.3 is 15.7 Å². The van der Waals surface area contributed by atoms with Crippen LogP contribution in [-0.4, -0.2) is 54.1 Å². The molecule has 5 unspecified atom stereocenters. The Bertz CT molecular complexity index is 454. The summed E-state index contributed by atoms with van der Waals surface area (Å²) in [5.41, 5.74) is 2.88. The third-order valence-electron chi connectivity index (χ3n) is 4.55. The van der Waals surface area contributed by atoms with Gasteiger partial charge in [0, 0.05) is 6.04 Å². The molecule has 20 heavy (non-hydrogen) atoms. The van der Waals surface area contributed by atoms with Crippen molar-refractivity contribution in [1.82, 2.24) is 9.80 Å². The first-order chi connectivity index (χ1) is 8.89. The minimum Gasteiger partial charge on any atom is -0.364 e. The highest BCUT2D eigenvalue weighted by Gasteiger charge is 2.72. The molecule has 5 nitrogen and oxygen atoms in total. The third-order valence-corrected chi connectivity index (χ3v) is 6.19. The second-order valence-electron chi connectivity index (χ2n) is 6.42. The lowest BCUT2D eigenvalue weighted by atomic mass is 9.84. The molecule has 3 N–H and O–H groups in total. The lowest BCUT2D eigenvalue weighted by Gasteiger charge is -2.61. The van der Waals surface area contributed by atoms with E-state index in [1.165, 1.54) is 6.92 Å². The van der Waals surface area contributed by atoms with E-state index in [4.69, 9.17) is 5.73 Å². The fraction of sp³-hybridized carbons (Fsp3) is 0.923. The summed E-state index contributed by atoms with van der Waals surface area (Å²) in [4.78, 5) is 7.64. The number of fused-ring (bicyclic) bond motifs is 1. The van der Waals surface area contributed by atoms with Crippen LogP contribution < -0.4 is 5.73 Å². The van der Waals surface area contributed by atoms with Crippen molar-refractivity contribution >= 4 is 28.4 Å². The Morgan fingerprint density at radius 1 is 1.45 bits per heavy atom. The number of piperazine rings is 1. The number of hydrogen-bond donors (Lipinski definition) is 2. The fourth-order valence-electron chi connectivity index (χ4n) is 3.75. The molecule has 5 atom stereocenters. The molecule has 0 saturated carbocycles. The molecule has 7 heteroatoms. The highest BCUT2D eigenvalue weighted by Crippen LogP contribution is 2.52. The summed E-state index contributed by atoms with van der Waals surface area (Å²) in [6, 6.07) is -0.154. The van der Waals surface area contributed by atoms with Crippen LogP contribution in [0.15, 0.2) is 4.99 Å². The maximum Gasteiger partial charge on any atom is 0.227 e. The molecule has 0 radical (unpaired) electrons. The number of amidine groups is 1. The summed E-state index contributed by atoms with van der Waals surface area (Å²) < 4.78 is 15.6. The molecule has 1 fully saturated rings. The highest BCUT2D eigenvalue weighted by molar-refractivity contribution is 14.1. The first-order valence-corrected chi connectivity index (χ1v) is 8.12. The summed E-state index contributed by atoms with van der Waals surface area (Å²) in [5, 5.41) is 11.2. The van der Waals surface area contributed by atoms with Crippen molar-refractivity contribution < 1.29 is 9.50 Å². The van der Waals surface area contributed by atoms with Crippen molar-refractivity contribution in [2.45, 2.75) is 74.9 Å². The normalized spacial score (nSPS) is 49.5. The van der Waals surface area contributed by atoms with Gasteiger partial charge in [-0.2, -0.15) is 0 Å². The molecule has 116 valence electrons. The van der Waals surface area contributed by atoms with E-state index in [0.29, 0.717) is 5.84 Å². The molecular formula is C13H24FIN4O. The van der Waals surface area contributed by atoms with Crippen molar-refractivity contribution in [3.8, 4) is 0 Å². The fourth-order valence-corrected chi connectivity index (χ4v) is 5.24. The van der Waals surface area contributed by atoms with E-state index >= 15 is 4.39 Å². The van der Waals surface area contributed by atoms with E-state index in [9.17, 15) is 5.11 Å². The van der Waals surface area contributed by atoms with Gasteiger partial charge in [0.1, 0.15) is 5.84 Å². The molecule has 0 aromatic carbocycles. The largest absolute Gasteiger partial charge is 0.364 e. The van der Waals surface area contributed by atoms with Crippen LogP contribution in [0.4, 0.5) is 4.39 Å². The quantitative estimate of drug-likeness (QED) is 0.401. The average molecular weight is 398 g/mol. The van der Waals surface area contributed by atoms with Gasteiger partial charge in [0.15, 0.2) is 5.66 Å². The summed E-state index contributed by atoms with van der Waals surface area (Å²) in [6.45, 7) is 10.6. The van der Waals surface area contributed by atoms with E-state index in [-0.39, 0.29) is 16.1 Å². The van der Waals surface area contributed by atoms with E-state index in [2.05, 4.69) is 27.6 Å². The number of nitrogens with zero attached hydrogens (tertiary/aromatic N) is 3. The van der Waals surface area contributed by atoms with Crippen LogP contribution in [-0.2, 0) is 0 Å². The SMILES string of the molecule is CC1=NC(C)(N)C2(O)N1C(C)C(I)N(C(C)C)C2(C)F. The van der Waals surface area contributed by atoms with E-state index in [0.717, 1.165) is 0 Å². The Balaban J connectivity index is 2.65. The number of rotatable bonds is 1. The number of alkyl halides is 2. The topological polar surface area (TPSA) is 65.1 Å². The van der Waals surface area contributed by atoms with E-state index < -0.39 is 17.2 Å².